The molecule has 5 nitrogen and oxygen atoms in total. The molecule has 1 fully saturated rings. The van der Waals surface area contributed by atoms with Crippen molar-refractivity contribution in [1.29, 1.82) is 0 Å². The van der Waals surface area contributed by atoms with E-state index >= 15 is 0 Å². The van der Waals surface area contributed by atoms with Crippen LogP contribution < -0.4 is 0 Å². The van der Waals surface area contributed by atoms with Crippen molar-refractivity contribution in [2.45, 2.75) is 81.1 Å². The third-order valence-electron chi connectivity index (χ3n) is 7.50. The van der Waals surface area contributed by atoms with Crippen LogP contribution in [-0.2, 0) is 32.3 Å². The van der Waals surface area contributed by atoms with E-state index in [0.717, 1.165) is 29.2 Å². The summed E-state index contributed by atoms with van der Waals surface area (Å²) in [5.41, 5.74) is 2.75. The Bertz CT molecular complexity index is 1420. The number of alkyl halides is 2. The van der Waals surface area contributed by atoms with Gasteiger partial charge in [0.25, 0.3) is 0 Å². The lowest BCUT2D eigenvalue weighted by Gasteiger charge is -2.40. The van der Waals surface area contributed by atoms with E-state index < -0.39 is 32.1 Å². The molecule has 0 saturated carbocycles. The van der Waals surface area contributed by atoms with Gasteiger partial charge in [-0.3, -0.25) is 9.69 Å². The topological polar surface area (TPSA) is 63.7 Å². The van der Waals surface area contributed by atoms with Gasteiger partial charge in [0.15, 0.2) is 14.6 Å². The number of hydrogen-bond donors (Lipinski definition) is 0. The van der Waals surface area contributed by atoms with Gasteiger partial charge < -0.3 is 4.74 Å². The van der Waals surface area contributed by atoms with Gasteiger partial charge in [-0.05, 0) is 81.3 Å². The Kier molecular flexibility index (Phi) is 9.04. The molecular weight excluding hydrogens is 544 g/mol. The van der Waals surface area contributed by atoms with E-state index in [9.17, 15) is 22.0 Å². The first kappa shape index (κ1) is 30.8. The summed E-state index contributed by atoms with van der Waals surface area (Å²) in [5, 5.41) is 0. The van der Waals surface area contributed by atoms with Gasteiger partial charge in [-0.25, -0.2) is 17.2 Å². The molecule has 1 saturated heterocycles. The molecule has 220 valence electrons. The zero-order valence-corrected chi connectivity index (χ0v) is 25.0. The summed E-state index contributed by atoms with van der Waals surface area (Å²) in [7, 11) is -4.09. The predicted octanol–water partition coefficient (Wildman–Crippen LogP) is 7.09. The zero-order valence-electron chi connectivity index (χ0n) is 24.2. The summed E-state index contributed by atoms with van der Waals surface area (Å²) in [4.78, 5) is 15.8. The highest BCUT2D eigenvalue weighted by Gasteiger charge is 2.55. The van der Waals surface area contributed by atoms with Crippen LogP contribution in [0.4, 0.5) is 8.78 Å². The second-order valence-corrected chi connectivity index (χ2v) is 14.3. The van der Waals surface area contributed by atoms with Crippen molar-refractivity contribution in [2.24, 2.45) is 0 Å². The molecule has 0 N–H and O–H groups in total. The summed E-state index contributed by atoms with van der Waals surface area (Å²) in [6.45, 7) is 7.71. The molecule has 0 amide bonds. The highest BCUT2D eigenvalue weighted by molar-refractivity contribution is 7.93. The fourth-order valence-electron chi connectivity index (χ4n) is 5.15. The maximum Gasteiger partial charge on any atom is 0.328 e. The highest BCUT2D eigenvalue weighted by Crippen LogP contribution is 2.39. The van der Waals surface area contributed by atoms with E-state index in [0.29, 0.717) is 19.6 Å². The molecule has 0 aromatic heterocycles. The minimum absolute atomic E-state index is 0.0745. The number of rotatable bonds is 9. The van der Waals surface area contributed by atoms with Crippen LogP contribution >= 0.6 is 0 Å². The number of carbonyl (C=O) groups is 1. The third kappa shape index (κ3) is 7.60. The van der Waals surface area contributed by atoms with Crippen molar-refractivity contribution in [1.82, 2.24) is 4.90 Å². The number of likely N-dealkylation sites (tertiary alicyclic amines) is 1. The van der Waals surface area contributed by atoms with Crippen LogP contribution in [0, 0.1) is 0 Å². The second kappa shape index (κ2) is 12.0. The van der Waals surface area contributed by atoms with E-state index in [1.165, 1.54) is 0 Å². The molecule has 41 heavy (non-hydrogen) atoms. The number of halogens is 2. The van der Waals surface area contributed by atoms with Crippen LogP contribution in [0.5, 0.6) is 0 Å². The SMILES string of the molecule is CC(F)(F)CCc1ccc(-c2ccc(S(=O)(=O)C3(C(=O)OC(C)(C)C)CCN(Cc4ccccc4)CC3)cc2)cc1. The minimum atomic E-state index is -4.09. The van der Waals surface area contributed by atoms with Crippen molar-refractivity contribution in [3.8, 4) is 11.1 Å². The van der Waals surface area contributed by atoms with Gasteiger partial charge in [-0.1, -0.05) is 66.7 Å². The molecular formula is C33H39F2NO4S. The zero-order chi connectivity index (χ0) is 29.9. The number of ether oxygens (including phenoxy) is 1. The van der Waals surface area contributed by atoms with Crippen LogP contribution in [0.25, 0.3) is 11.1 Å². The van der Waals surface area contributed by atoms with Crippen LogP contribution in [0.2, 0.25) is 0 Å². The fraction of sp³-hybridized carbons (Fsp3) is 0.424. The van der Waals surface area contributed by atoms with Gasteiger partial charge in [0.2, 0.25) is 5.92 Å². The molecule has 0 bridgehead atoms. The molecule has 8 heteroatoms. The Labute approximate surface area is 242 Å². The minimum Gasteiger partial charge on any atom is -0.459 e. The second-order valence-electron chi connectivity index (χ2n) is 12.1. The Balaban J connectivity index is 1.56. The Morgan fingerprint density at radius 1 is 0.829 bits per heavy atom. The van der Waals surface area contributed by atoms with Crippen LogP contribution in [0.1, 0.15) is 58.1 Å². The van der Waals surface area contributed by atoms with E-state index in [1.54, 1.807) is 45.0 Å². The molecule has 0 unspecified atom stereocenters. The van der Waals surface area contributed by atoms with Crippen LogP contribution in [0.3, 0.4) is 0 Å². The number of hydrogen-bond acceptors (Lipinski definition) is 5. The molecule has 0 aliphatic carbocycles. The lowest BCUT2D eigenvalue weighted by molar-refractivity contribution is -0.159. The first-order chi connectivity index (χ1) is 19.2. The van der Waals surface area contributed by atoms with Gasteiger partial charge >= 0.3 is 5.97 Å². The van der Waals surface area contributed by atoms with Crippen molar-refractivity contribution < 1.29 is 26.7 Å². The third-order valence-corrected chi connectivity index (χ3v) is 10.00. The quantitative estimate of drug-likeness (QED) is 0.252. The highest BCUT2D eigenvalue weighted by atomic mass is 32.2. The van der Waals surface area contributed by atoms with Gasteiger partial charge in [0, 0.05) is 26.1 Å². The summed E-state index contributed by atoms with van der Waals surface area (Å²) in [5.74, 6) is -3.42. The Morgan fingerprint density at radius 3 is 1.88 bits per heavy atom. The maximum absolute atomic E-state index is 14.2. The van der Waals surface area contributed by atoms with E-state index in [1.807, 2.05) is 54.6 Å². The van der Waals surface area contributed by atoms with Gasteiger partial charge in [-0.15, -0.1) is 0 Å². The number of benzene rings is 3. The average Bonchev–Trinajstić information content (AvgIpc) is 2.92. The number of piperidine rings is 1. The van der Waals surface area contributed by atoms with E-state index in [2.05, 4.69) is 4.90 Å². The van der Waals surface area contributed by atoms with Crippen LogP contribution in [-0.4, -0.2) is 48.6 Å². The number of carbonyl (C=O) groups excluding carboxylic acids is 1. The van der Waals surface area contributed by atoms with Gasteiger partial charge in [-0.2, -0.15) is 0 Å². The number of nitrogens with zero attached hydrogens (tertiary/aromatic N) is 1. The molecule has 3 aromatic carbocycles. The molecule has 0 atom stereocenters. The lowest BCUT2D eigenvalue weighted by atomic mass is 9.95. The number of sulfone groups is 1. The van der Waals surface area contributed by atoms with Gasteiger partial charge in [0.1, 0.15) is 5.60 Å². The summed E-state index contributed by atoms with van der Waals surface area (Å²) in [6.07, 6.45) is 0.326. The van der Waals surface area contributed by atoms with Crippen molar-refractivity contribution in [3.63, 3.8) is 0 Å². The normalized spacial score (nSPS) is 16.3. The number of esters is 1. The van der Waals surface area contributed by atoms with E-state index in [-0.39, 0.29) is 30.6 Å². The van der Waals surface area contributed by atoms with Crippen molar-refractivity contribution >= 4 is 15.8 Å². The fourth-order valence-corrected chi connectivity index (χ4v) is 7.07. The van der Waals surface area contributed by atoms with E-state index in [4.69, 9.17) is 4.74 Å². The summed E-state index contributed by atoms with van der Waals surface area (Å²) in [6, 6.07) is 23.8. The molecule has 0 spiro atoms. The van der Waals surface area contributed by atoms with Crippen molar-refractivity contribution in [3.05, 3.63) is 90.0 Å². The first-order valence-electron chi connectivity index (χ1n) is 14.0. The van der Waals surface area contributed by atoms with Gasteiger partial charge in [0.05, 0.1) is 4.90 Å². The monoisotopic (exact) mass is 583 g/mol. The van der Waals surface area contributed by atoms with Crippen LogP contribution in [0.15, 0.2) is 83.8 Å². The largest absolute Gasteiger partial charge is 0.459 e. The Hall–Kier alpha value is -3.10. The number of aryl methyl sites for hydroxylation is 1. The summed E-state index contributed by atoms with van der Waals surface area (Å²) >= 11 is 0. The molecule has 4 rings (SSSR count). The smallest absolute Gasteiger partial charge is 0.328 e. The average molecular weight is 584 g/mol. The standard InChI is InChI=1S/C33H39F2NO4S/c1-31(2,3)40-30(37)33(20-22-36(23-21-33)24-26-8-6-5-7-9-26)41(38,39)29-16-14-28(15-17-29)27-12-10-25(11-13-27)18-19-32(4,34)35/h5-17H,18-24H2,1-4H3. The van der Waals surface area contributed by atoms with Crippen molar-refractivity contribution in [2.75, 3.05) is 13.1 Å². The maximum atomic E-state index is 14.2. The molecule has 1 heterocycles. The molecule has 1 aliphatic rings. The summed E-state index contributed by atoms with van der Waals surface area (Å²) < 4.78 is 58.8. The first-order valence-corrected chi connectivity index (χ1v) is 15.5. The molecule has 0 radical (unpaired) electrons. The predicted molar refractivity (Wildman–Crippen MR) is 158 cm³/mol. The lowest BCUT2D eigenvalue weighted by Crippen LogP contribution is -2.56. The molecule has 3 aromatic rings. The Morgan fingerprint density at radius 2 is 1.37 bits per heavy atom. The molecule has 1 aliphatic heterocycles.